The average Bonchev–Trinajstić information content (AvgIpc) is 2.62. The zero-order valence-electron chi connectivity index (χ0n) is 7.54. The molecular weight excluding hydrogens is 243 g/mol. The van der Waals surface area contributed by atoms with Gasteiger partial charge in [0.1, 0.15) is 0 Å². The van der Waals surface area contributed by atoms with Crippen LogP contribution in [0.4, 0.5) is 4.79 Å². The third-order valence-corrected chi connectivity index (χ3v) is 3.65. The number of fused-ring (bicyclic) bond motifs is 1. The topological polar surface area (TPSA) is 44.1 Å². The van der Waals surface area contributed by atoms with Gasteiger partial charge in [0.25, 0.3) is 0 Å². The first-order valence-corrected chi connectivity index (χ1v) is 5.81. The molecule has 0 aliphatic heterocycles. The number of carbonyl (C=O) groups is 1. The number of nitrogens with zero attached hydrogens (tertiary/aromatic N) is 2. The molecule has 2 aromatic rings. The first kappa shape index (κ1) is 9.28. The van der Waals surface area contributed by atoms with Gasteiger partial charge in [0.05, 0.1) is 0 Å². The van der Waals surface area contributed by atoms with E-state index in [1.54, 1.807) is 6.33 Å². The summed E-state index contributed by atoms with van der Waals surface area (Å²) < 4.78 is 6.31. The van der Waals surface area contributed by atoms with Gasteiger partial charge in [-0.1, -0.05) is 0 Å². The Bertz CT molecular complexity index is 467. The van der Waals surface area contributed by atoms with Crippen molar-refractivity contribution in [2.45, 2.75) is 0 Å². The molecule has 1 aromatic carbocycles. The number of ether oxygens (including phenoxy) is 1. The molecule has 0 bridgehead atoms. The second-order valence-electron chi connectivity index (χ2n) is 2.65. The molecule has 1 aromatic heterocycles. The molecule has 0 saturated carbocycles. The Kier molecular flexibility index (Phi) is 2.55. The van der Waals surface area contributed by atoms with E-state index in [9.17, 15) is 4.79 Å². The molecule has 0 fully saturated rings. The quantitative estimate of drug-likeness (QED) is 0.755. The molecule has 71 valence electrons. The molecule has 5 heteroatoms. The first-order valence-electron chi connectivity index (χ1n) is 4.03. The number of carbonyl (C=O) groups excluding carboxylic acids is 1. The summed E-state index contributed by atoms with van der Waals surface area (Å²) in [6.45, 7) is 0. The molecule has 1 radical (unpaired) electrons. The number of hydrogen-bond acceptors (Lipinski definition) is 3. The van der Waals surface area contributed by atoms with Crippen molar-refractivity contribution in [2.75, 3.05) is 7.11 Å². The first-order chi connectivity index (χ1) is 6.81. The Morgan fingerprint density at radius 2 is 2.29 bits per heavy atom. The number of aromatic nitrogens is 2. The molecule has 0 saturated heterocycles. The van der Waals surface area contributed by atoms with Crippen LogP contribution in [-0.4, -0.2) is 36.3 Å². The van der Waals surface area contributed by atoms with Crippen molar-refractivity contribution < 1.29 is 9.53 Å². The molecule has 0 aliphatic carbocycles. The fraction of sp³-hybridized carbons (Fsp3) is 0.111. The minimum atomic E-state index is -0.658. The fourth-order valence-corrected chi connectivity index (χ4v) is 2.49. The molecule has 2 rings (SSSR count). The monoisotopic (exact) mass is 251 g/mol. The van der Waals surface area contributed by atoms with Crippen LogP contribution in [0.2, 0.25) is 0 Å². The summed E-state index contributed by atoms with van der Waals surface area (Å²) in [5.74, 6) is 0. The summed E-state index contributed by atoms with van der Waals surface area (Å²) in [4.78, 5) is 15.3. The van der Waals surface area contributed by atoms with Crippen molar-refractivity contribution >= 4 is 31.8 Å². The van der Waals surface area contributed by atoms with Crippen LogP contribution in [0.15, 0.2) is 30.6 Å². The number of para-hydroxylation sites is 2. The predicted octanol–water partition coefficient (Wildman–Crippen LogP) is 1.27. The van der Waals surface area contributed by atoms with Crippen molar-refractivity contribution in [1.29, 1.82) is 0 Å². The molecule has 0 amide bonds. The molecule has 0 N–H and O–H groups in total. The van der Waals surface area contributed by atoms with E-state index in [1.165, 1.54) is 7.11 Å². The van der Waals surface area contributed by atoms with Gasteiger partial charge in [-0.3, -0.25) is 0 Å². The Hall–Kier alpha value is -1.28. The second kappa shape index (κ2) is 3.84. The Balaban J connectivity index is 2.38. The van der Waals surface area contributed by atoms with E-state index in [0.29, 0.717) is 0 Å². The SMILES string of the molecule is COC(=O)[As]n1cnc2ccccc21. The zero-order chi connectivity index (χ0) is 9.97. The van der Waals surface area contributed by atoms with Crippen LogP contribution in [0.3, 0.4) is 0 Å². The van der Waals surface area contributed by atoms with Crippen LogP contribution in [-0.2, 0) is 4.74 Å². The van der Waals surface area contributed by atoms with Gasteiger partial charge in [0.2, 0.25) is 0 Å². The number of methoxy groups -OCH3 is 1. The Morgan fingerprint density at radius 3 is 3.07 bits per heavy atom. The molecule has 14 heavy (non-hydrogen) atoms. The predicted molar refractivity (Wildman–Crippen MR) is 53.3 cm³/mol. The van der Waals surface area contributed by atoms with Crippen LogP contribution in [0.1, 0.15) is 0 Å². The summed E-state index contributed by atoms with van der Waals surface area (Å²) in [5.41, 5.74) is 1.89. The summed E-state index contributed by atoms with van der Waals surface area (Å²) in [7, 11) is 1.40. The van der Waals surface area contributed by atoms with E-state index in [2.05, 4.69) is 9.72 Å². The van der Waals surface area contributed by atoms with Gasteiger partial charge in [-0.05, 0) is 0 Å². The standard InChI is InChI=1S/C9H8AsN2O2/c1-14-9(13)10-12-6-11-7-4-2-3-5-8(7)12/h2-6H,1H3. The van der Waals surface area contributed by atoms with Gasteiger partial charge in [0.15, 0.2) is 0 Å². The van der Waals surface area contributed by atoms with Crippen molar-refractivity contribution in [1.82, 2.24) is 8.47 Å². The van der Waals surface area contributed by atoms with Gasteiger partial charge < -0.3 is 0 Å². The molecule has 0 atom stereocenters. The third kappa shape index (κ3) is 1.66. The van der Waals surface area contributed by atoms with E-state index in [0.717, 1.165) is 11.0 Å². The van der Waals surface area contributed by atoms with E-state index in [-0.39, 0.29) is 4.76 Å². The van der Waals surface area contributed by atoms with Crippen LogP contribution >= 0.6 is 0 Å². The molecular formula is C9H8AsN2O2. The number of rotatable bonds is 2. The Morgan fingerprint density at radius 1 is 1.50 bits per heavy atom. The maximum atomic E-state index is 11.1. The molecule has 1 heterocycles. The molecule has 0 unspecified atom stereocenters. The Labute approximate surface area is 87.8 Å². The van der Waals surface area contributed by atoms with Crippen LogP contribution in [0.25, 0.3) is 11.0 Å². The van der Waals surface area contributed by atoms with Gasteiger partial charge in [-0.2, -0.15) is 0 Å². The van der Waals surface area contributed by atoms with Gasteiger partial charge in [-0.15, -0.1) is 0 Å². The minimum absolute atomic E-state index is 0.176. The summed E-state index contributed by atoms with van der Waals surface area (Å²) in [6, 6.07) is 7.72. The van der Waals surface area contributed by atoms with Gasteiger partial charge >= 0.3 is 87.5 Å². The van der Waals surface area contributed by atoms with Crippen molar-refractivity contribution in [3.8, 4) is 0 Å². The normalized spacial score (nSPS) is 11.2. The fourth-order valence-electron chi connectivity index (χ4n) is 1.15. The van der Waals surface area contributed by atoms with E-state index in [4.69, 9.17) is 0 Å². The van der Waals surface area contributed by atoms with Crippen LogP contribution in [0.5, 0.6) is 0 Å². The number of benzene rings is 1. The molecule has 0 spiro atoms. The van der Waals surface area contributed by atoms with Crippen molar-refractivity contribution in [3.63, 3.8) is 0 Å². The summed E-state index contributed by atoms with van der Waals surface area (Å²) in [6.07, 6.45) is 1.68. The van der Waals surface area contributed by atoms with E-state index in [1.807, 2.05) is 27.7 Å². The number of hydrogen-bond donors (Lipinski definition) is 0. The molecule has 0 aliphatic rings. The maximum absolute atomic E-state index is 11.1. The van der Waals surface area contributed by atoms with Crippen molar-refractivity contribution in [2.24, 2.45) is 0 Å². The third-order valence-electron chi connectivity index (χ3n) is 1.80. The van der Waals surface area contributed by atoms with Gasteiger partial charge in [0, 0.05) is 0 Å². The summed E-state index contributed by atoms with van der Waals surface area (Å²) in [5, 5.41) is 0. The van der Waals surface area contributed by atoms with Crippen molar-refractivity contribution in [3.05, 3.63) is 30.6 Å². The number of imidazole rings is 1. The second-order valence-corrected chi connectivity index (χ2v) is 4.74. The average molecular weight is 251 g/mol. The zero-order valence-corrected chi connectivity index (χ0v) is 9.42. The summed E-state index contributed by atoms with van der Waals surface area (Å²) >= 11 is -0.658. The van der Waals surface area contributed by atoms with Gasteiger partial charge in [-0.25, -0.2) is 0 Å². The van der Waals surface area contributed by atoms with E-state index < -0.39 is 16.0 Å². The van der Waals surface area contributed by atoms with Crippen LogP contribution < -0.4 is 0 Å². The van der Waals surface area contributed by atoms with Crippen LogP contribution in [0, 0.1) is 0 Å². The molecule has 4 nitrogen and oxygen atoms in total. The van der Waals surface area contributed by atoms with E-state index >= 15 is 0 Å².